The minimum Gasteiger partial charge on any atom is -0.462 e. The number of hydrogen-bond donors (Lipinski definition) is 1. The number of nitrogens with two attached hydrogens (primary N) is 1. The summed E-state index contributed by atoms with van der Waals surface area (Å²) in [7, 11) is 0. The number of ketones is 1. The van der Waals surface area contributed by atoms with Gasteiger partial charge in [-0.2, -0.15) is 0 Å². The highest BCUT2D eigenvalue weighted by Gasteiger charge is 2.87. The molecule has 12 saturated carbocycles. The molecular formula is C39H47NO7. The van der Waals surface area contributed by atoms with Crippen LogP contribution in [0.3, 0.4) is 0 Å². The summed E-state index contributed by atoms with van der Waals surface area (Å²) in [5, 5.41) is 0. The zero-order valence-electron chi connectivity index (χ0n) is 27.3. The van der Waals surface area contributed by atoms with Crippen molar-refractivity contribution in [2.24, 2.45) is 86.1 Å². The molecule has 18 atom stereocenters. The number of allylic oxidation sites excluding steroid dienone is 1. The van der Waals surface area contributed by atoms with Gasteiger partial charge in [-0.15, -0.1) is 0 Å². The lowest BCUT2D eigenvalue weighted by Crippen LogP contribution is -2.50. The molecule has 0 aromatic carbocycles. The van der Waals surface area contributed by atoms with Crippen molar-refractivity contribution < 1.29 is 33.3 Å². The molecule has 1 saturated heterocycles. The fraction of sp³-hybridized carbons (Fsp3) is 0.872. The SMILES string of the molecule is C=C1C2CC3CC4(C(=O)OCC5OC6(OC5COC(=O)C57CC8CC9(C5)C(CC9C8=O)C7)C5CC7C6CC76CC6(N)C5)CC1C2(C3)C4. The highest BCUT2D eigenvalue weighted by molar-refractivity contribution is 5.91. The van der Waals surface area contributed by atoms with Gasteiger partial charge < -0.3 is 24.7 Å². The highest BCUT2D eigenvalue weighted by Crippen LogP contribution is 2.85. The van der Waals surface area contributed by atoms with Crippen LogP contribution in [0.25, 0.3) is 0 Å². The maximum Gasteiger partial charge on any atom is 0.312 e. The molecule has 47 heavy (non-hydrogen) atoms. The molecule has 250 valence electrons. The van der Waals surface area contributed by atoms with E-state index in [4.69, 9.17) is 24.7 Å². The summed E-state index contributed by atoms with van der Waals surface area (Å²) < 4.78 is 26.6. The number of rotatable bonds is 6. The molecule has 1 aliphatic heterocycles. The topological polar surface area (TPSA) is 114 Å². The lowest BCUT2D eigenvalue weighted by atomic mass is 9.53. The Hall–Kier alpha value is -1.77. The van der Waals surface area contributed by atoms with Crippen LogP contribution in [0.4, 0.5) is 0 Å². The molecule has 1 heterocycles. The van der Waals surface area contributed by atoms with Gasteiger partial charge in [-0.1, -0.05) is 12.2 Å². The van der Waals surface area contributed by atoms with Gasteiger partial charge in [-0.25, -0.2) is 0 Å². The second kappa shape index (κ2) is 7.46. The van der Waals surface area contributed by atoms with Gasteiger partial charge in [0.1, 0.15) is 31.2 Å². The molecule has 8 heteroatoms. The van der Waals surface area contributed by atoms with Gasteiger partial charge in [0.25, 0.3) is 0 Å². The van der Waals surface area contributed by atoms with Gasteiger partial charge in [0, 0.05) is 29.2 Å². The molecule has 0 amide bonds. The smallest absolute Gasteiger partial charge is 0.312 e. The summed E-state index contributed by atoms with van der Waals surface area (Å²) in [5.41, 5.74) is 7.93. The monoisotopic (exact) mass is 641 g/mol. The van der Waals surface area contributed by atoms with E-state index in [1.54, 1.807) is 0 Å². The summed E-state index contributed by atoms with van der Waals surface area (Å²) >= 11 is 0. The van der Waals surface area contributed by atoms with Gasteiger partial charge >= 0.3 is 11.9 Å². The van der Waals surface area contributed by atoms with Crippen molar-refractivity contribution >= 4 is 17.7 Å². The van der Waals surface area contributed by atoms with Crippen LogP contribution >= 0.6 is 0 Å². The van der Waals surface area contributed by atoms with E-state index in [9.17, 15) is 14.4 Å². The maximum absolute atomic E-state index is 14.1. The Morgan fingerprint density at radius 1 is 0.745 bits per heavy atom. The third kappa shape index (κ3) is 2.63. The quantitative estimate of drug-likeness (QED) is 0.334. The molecule has 8 nitrogen and oxygen atoms in total. The molecule has 13 aliphatic rings. The number of ether oxygens (including phenoxy) is 4. The number of Topliss-reactive ketones (excluding diaryl/α,β-unsaturated/α-hetero) is 1. The standard InChI is InChI=1S/C39H47NO7/c1-18-23-2-19-5-33(11-26(18)36(23,6-19)16-33)31(42)44-13-28-29(47-39(46-28)22-4-24-27(39)12-37(24)17-38(37,40)10-22)14-45-32(43)34-7-20-8-35(15-34)21(9-34)3-25(35)30(20)41/h19-29H,1-17,40H2. The van der Waals surface area contributed by atoms with E-state index in [0.29, 0.717) is 53.1 Å². The number of carbonyl (C=O) groups excluding carboxylic acids is 3. The van der Waals surface area contributed by atoms with Gasteiger partial charge in [0.05, 0.1) is 10.8 Å². The van der Waals surface area contributed by atoms with Crippen LogP contribution in [-0.4, -0.2) is 54.5 Å². The molecule has 13 fully saturated rings. The van der Waals surface area contributed by atoms with Crippen LogP contribution in [-0.2, 0) is 33.3 Å². The molecule has 4 spiro atoms. The Balaban J connectivity index is 0.766. The highest BCUT2D eigenvalue weighted by atomic mass is 16.8. The maximum atomic E-state index is 14.1. The molecule has 12 aliphatic carbocycles. The first-order valence-corrected chi connectivity index (χ1v) is 19.2. The largest absolute Gasteiger partial charge is 0.462 e. The zero-order chi connectivity index (χ0) is 31.3. The van der Waals surface area contributed by atoms with Gasteiger partial charge in [0.15, 0.2) is 5.79 Å². The number of fused-ring (bicyclic) bond motifs is 7. The average molecular weight is 642 g/mol. The summed E-state index contributed by atoms with van der Waals surface area (Å²) in [6.45, 7) is 4.68. The number of hydrogen-bond acceptors (Lipinski definition) is 8. The Labute approximate surface area is 275 Å². The normalized spacial score (nSPS) is 65.4. The van der Waals surface area contributed by atoms with E-state index in [2.05, 4.69) is 6.58 Å². The van der Waals surface area contributed by atoms with E-state index in [0.717, 1.165) is 70.6 Å². The Kier molecular flexibility index (Phi) is 4.29. The van der Waals surface area contributed by atoms with Crippen molar-refractivity contribution in [2.75, 3.05) is 13.2 Å². The van der Waals surface area contributed by atoms with Crippen LogP contribution < -0.4 is 5.73 Å². The second-order valence-corrected chi connectivity index (χ2v) is 20.2. The molecule has 0 aromatic rings. The molecular weight excluding hydrogens is 594 g/mol. The molecule has 2 N–H and O–H groups in total. The fourth-order valence-electron chi connectivity index (χ4n) is 17.5. The van der Waals surface area contributed by atoms with Gasteiger partial charge in [-0.3, -0.25) is 14.4 Å². The van der Waals surface area contributed by atoms with Crippen molar-refractivity contribution in [2.45, 2.75) is 113 Å². The van der Waals surface area contributed by atoms with Gasteiger partial charge in [-0.05, 0) is 136 Å². The Morgan fingerprint density at radius 3 is 2.28 bits per heavy atom. The minimum atomic E-state index is -0.726. The summed E-state index contributed by atoms with van der Waals surface area (Å²) in [6.07, 6.45) is 12.8. The molecule has 13 rings (SSSR count). The van der Waals surface area contributed by atoms with E-state index in [1.165, 1.54) is 18.4 Å². The van der Waals surface area contributed by atoms with Crippen molar-refractivity contribution in [1.29, 1.82) is 0 Å². The second-order valence-electron chi connectivity index (χ2n) is 20.2. The van der Waals surface area contributed by atoms with E-state index >= 15 is 0 Å². The van der Waals surface area contributed by atoms with Crippen LogP contribution in [0.5, 0.6) is 0 Å². The first-order chi connectivity index (χ1) is 22.5. The lowest BCUT2D eigenvalue weighted by Gasteiger charge is -2.51. The number of carbonyl (C=O) groups is 3. The lowest BCUT2D eigenvalue weighted by molar-refractivity contribution is -0.246. The molecule has 0 radical (unpaired) electrons. The Morgan fingerprint density at radius 2 is 1.49 bits per heavy atom. The third-order valence-corrected chi connectivity index (χ3v) is 19.0. The molecule has 18 unspecified atom stereocenters. The van der Waals surface area contributed by atoms with E-state index in [-0.39, 0.29) is 59.3 Å². The number of esters is 2. The first kappa shape index (κ1) is 27.0. The van der Waals surface area contributed by atoms with E-state index < -0.39 is 28.8 Å². The van der Waals surface area contributed by atoms with Crippen LogP contribution in [0.2, 0.25) is 0 Å². The molecule has 0 aromatic heterocycles. The van der Waals surface area contributed by atoms with Crippen molar-refractivity contribution in [3.05, 3.63) is 12.2 Å². The first-order valence-electron chi connectivity index (χ1n) is 19.2. The summed E-state index contributed by atoms with van der Waals surface area (Å²) in [6, 6.07) is 0. The predicted molar refractivity (Wildman–Crippen MR) is 164 cm³/mol. The average Bonchev–Trinajstić information content (AvgIpc) is 3.22. The molecule has 8 bridgehead atoms. The van der Waals surface area contributed by atoms with Gasteiger partial charge in [0.2, 0.25) is 0 Å². The van der Waals surface area contributed by atoms with Crippen molar-refractivity contribution in [3.8, 4) is 0 Å². The van der Waals surface area contributed by atoms with E-state index in [1.807, 2.05) is 0 Å². The summed E-state index contributed by atoms with van der Waals surface area (Å²) in [5.74, 6) is 2.95. The minimum absolute atomic E-state index is 0.0289. The van der Waals surface area contributed by atoms with Crippen LogP contribution in [0, 0.1) is 80.3 Å². The fourth-order valence-corrected chi connectivity index (χ4v) is 17.5. The summed E-state index contributed by atoms with van der Waals surface area (Å²) in [4.78, 5) is 41.1. The van der Waals surface area contributed by atoms with Crippen LogP contribution in [0.15, 0.2) is 12.2 Å². The van der Waals surface area contributed by atoms with Crippen molar-refractivity contribution in [1.82, 2.24) is 0 Å². The van der Waals surface area contributed by atoms with Crippen LogP contribution in [0.1, 0.15) is 89.9 Å². The van der Waals surface area contributed by atoms with Crippen molar-refractivity contribution in [3.63, 3.8) is 0 Å². The Bertz CT molecular complexity index is 1620. The zero-order valence-corrected chi connectivity index (χ0v) is 27.3. The predicted octanol–water partition coefficient (Wildman–Crippen LogP) is 4.48. The third-order valence-electron chi connectivity index (χ3n) is 19.0.